The lowest BCUT2D eigenvalue weighted by molar-refractivity contribution is 0.0680. The summed E-state index contributed by atoms with van der Waals surface area (Å²) in [5.41, 5.74) is 6.01. The summed E-state index contributed by atoms with van der Waals surface area (Å²) >= 11 is 3.56. The highest BCUT2D eigenvalue weighted by Crippen LogP contribution is 2.31. The van der Waals surface area contributed by atoms with Crippen LogP contribution in [0.4, 0.5) is 0 Å². The van der Waals surface area contributed by atoms with Crippen LogP contribution in [0.25, 0.3) is 0 Å². The summed E-state index contributed by atoms with van der Waals surface area (Å²) in [4.78, 5) is 5.20. The lowest BCUT2D eigenvalue weighted by Gasteiger charge is -2.42. The molecule has 2 aliphatic heterocycles. The van der Waals surface area contributed by atoms with E-state index in [0.717, 1.165) is 29.4 Å². The zero-order valence-corrected chi connectivity index (χ0v) is 14.2. The summed E-state index contributed by atoms with van der Waals surface area (Å²) in [5, 5.41) is 0. The Morgan fingerprint density at radius 3 is 2.48 bits per heavy atom. The average molecular weight is 356 g/mol. The van der Waals surface area contributed by atoms with Crippen LogP contribution in [0.2, 0.25) is 0 Å². The molecule has 5 heteroatoms. The van der Waals surface area contributed by atoms with Gasteiger partial charge in [0.25, 0.3) is 0 Å². The Hall–Kier alpha value is -0.360. The van der Waals surface area contributed by atoms with Crippen molar-refractivity contribution in [2.45, 2.75) is 44.2 Å². The zero-order chi connectivity index (χ0) is 14.7. The van der Waals surface area contributed by atoms with E-state index in [9.17, 15) is 0 Å². The van der Waals surface area contributed by atoms with Gasteiger partial charge in [-0.25, -0.2) is 0 Å². The zero-order valence-electron chi connectivity index (χ0n) is 12.6. The molecule has 118 valence electrons. The van der Waals surface area contributed by atoms with Crippen LogP contribution in [-0.2, 0) is 0 Å². The molecule has 0 bridgehead atoms. The molecular formula is C16H26BrN3O. The van der Waals surface area contributed by atoms with E-state index in [-0.39, 0.29) is 6.04 Å². The first kappa shape index (κ1) is 15.5. The van der Waals surface area contributed by atoms with E-state index in [1.54, 1.807) is 6.26 Å². The molecule has 0 aromatic carbocycles. The summed E-state index contributed by atoms with van der Waals surface area (Å²) in [6.07, 6.45) is 8.43. The van der Waals surface area contributed by atoms with Crippen molar-refractivity contribution in [2.24, 2.45) is 5.73 Å². The smallest absolute Gasteiger partial charge is 0.136 e. The van der Waals surface area contributed by atoms with E-state index in [0.29, 0.717) is 6.54 Å². The van der Waals surface area contributed by atoms with Crippen molar-refractivity contribution >= 4 is 15.9 Å². The van der Waals surface area contributed by atoms with Gasteiger partial charge >= 0.3 is 0 Å². The fourth-order valence-corrected chi connectivity index (χ4v) is 4.28. The highest BCUT2D eigenvalue weighted by atomic mass is 79.9. The van der Waals surface area contributed by atoms with E-state index >= 15 is 0 Å². The third kappa shape index (κ3) is 3.52. The molecule has 2 N–H and O–H groups in total. The number of furan rings is 1. The third-order valence-electron chi connectivity index (χ3n) is 5.02. The molecule has 0 spiro atoms. The van der Waals surface area contributed by atoms with E-state index in [2.05, 4.69) is 25.7 Å². The molecule has 2 saturated heterocycles. The number of nitrogens with zero attached hydrogens (tertiary/aromatic N) is 2. The topological polar surface area (TPSA) is 45.6 Å². The Labute approximate surface area is 135 Å². The minimum Gasteiger partial charge on any atom is -0.466 e. The quantitative estimate of drug-likeness (QED) is 0.901. The van der Waals surface area contributed by atoms with Crippen LogP contribution >= 0.6 is 15.9 Å². The predicted molar refractivity (Wildman–Crippen MR) is 88.2 cm³/mol. The lowest BCUT2D eigenvalue weighted by Crippen LogP contribution is -2.48. The van der Waals surface area contributed by atoms with Crippen LogP contribution < -0.4 is 5.73 Å². The number of hydrogen-bond donors (Lipinski definition) is 1. The van der Waals surface area contributed by atoms with Crippen LogP contribution in [-0.4, -0.2) is 48.6 Å². The second-order valence-corrected chi connectivity index (χ2v) is 7.10. The van der Waals surface area contributed by atoms with E-state index < -0.39 is 0 Å². The molecule has 3 heterocycles. The number of piperidine rings is 2. The standard InChI is InChI=1S/C16H26BrN3O/c17-14-6-11-21-16(14)15(12-18)20-9-4-13(5-10-20)19-7-2-1-3-8-19/h6,11,13,15H,1-5,7-10,12,18H2. The summed E-state index contributed by atoms with van der Waals surface area (Å²) in [6.45, 7) is 5.45. The van der Waals surface area contributed by atoms with Crippen molar-refractivity contribution in [3.8, 4) is 0 Å². The molecule has 21 heavy (non-hydrogen) atoms. The number of rotatable bonds is 4. The van der Waals surface area contributed by atoms with Crippen molar-refractivity contribution in [3.05, 3.63) is 22.6 Å². The molecular weight excluding hydrogens is 330 g/mol. The summed E-state index contributed by atoms with van der Waals surface area (Å²) < 4.78 is 6.67. The van der Waals surface area contributed by atoms with Crippen LogP contribution in [0.5, 0.6) is 0 Å². The van der Waals surface area contributed by atoms with Crippen LogP contribution in [0.3, 0.4) is 0 Å². The van der Waals surface area contributed by atoms with E-state index in [1.165, 1.54) is 45.2 Å². The maximum Gasteiger partial charge on any atom is 0.136 e. The Morgan fingerprint density at radius 2 is 1.90 bits per heavy atom. The molecule has 4 nitrogen and oxygen atoms in total. The van der Waals surface area contributed by atoms with Crippen molar-refractivity contribution in [1.29, 1.82) is 0 Å². The maximum absolute atomic E-state index is 6.01. The molecule has 0 amide bonds. The fourth-order valence-electron chi connectivity index (χ4n) is 3.81. The molecule has 2 fully saturated rings. The van der Waals surface area contributed by atoms with Gasteiger partial charge < -0.3 is 15.1 Å². The van der Waals surface area contributed by atoms with Crippen LogP contribution in [0.15, 0.2) is 21.2 Å². The summed E-state index contributed by atoms with van der Waals surface area (Å²) in [5.74, 6) is 0.980. The van der Waals surface area contributed by atoms with Crippen molar-refractivity contribution in [2.75, 3.05) is 32.7 Å². The SMILES string of the molecule is NCC(c1occc1Br)N1CCC(N2CCCCC2)CC1. The first-order chi connectivity index (χ1) is 10.3. The van der Waals surface area contributed by atoms with Gasteiger partial charge in [-0.15, -0.1) is 0 Å². The third-order valence-corrected chi connectivity index (χ3v) is 5.67. The molecule has 0 saturated carbocycles. The molecule has 1 atom stereocenters. The largest absolute Gasteiger partial charge is 0.466 e. The first-order valence-corrected chi connectivity index (χ1v) is 9.00. The van der Waals surface area contributed by atoms with Crippen molar-refractivity contribution in [3.63, 3.8) is 0 Å². The molecule has 1 aromatic rings. The Bertz CT molecular complexity index is 436. The van der Waals surface area contributed by atoms with Crippen LogP contribution in [0, 0.1) is 0 Å². The number of likely N-dealkylation sites (tertiary alicyclic amines) is 2. The van der Waals surface area contributed by atoms with Gasteiger partial charge in [-0.2, -0.15) is 0 Å². The fraction of sp³-hybridized carbons (Fsp3) is 0.750. The second-order valence-electron chi connectivity index (χ2n) is 6.25. The van der Waals surface area contributed by atoms with Crippen molar-refractivity contribution < 1.29 is 4.42 Å². The molecule has 0 radical (unpaired) electrons. The highest BCUT2D eigenvalue weighted by molar-refractivity contribution is 9.10. The minimum atomic E-state index is 0.205. The molecule has 3 rings (SSSR count). The van der Waals surface area contributed by atoms with Gasteiger partial charge in [0, 0.05) is 25.7 Å². The molecule has 1 unspecified atom stereocenters. The summed E-state index contributed by atoms with van der Waals surface area (Å²) in [7, 11) is 0. The second kappa shape index (κ2) is 7.27. The molecule has 1 aromatic heterocycles. The Balaban J connectivity index is 1.58. The Kier molecular flexibility index (Phi) is 5.38. The maximum atomic E-state index is 6.01. The predicted octanol–water partition coefficient (Wildman–Crippen LogP) is 2.99. The Morgan fingerprint density at radius 1 is 1.19 bits per heavy atom. The van der Waals surface area contributed by atoms with Gasteiger partial charge in [-0.3, -0.25) is 4.90 Å². The monoisotopic (exact) mass is 355 g/mol. The minimum absolute atomic E-state index is 0.205. The van der Waals surface area contributed by atoms with E-state index in [4.69, 9.17) is 10.2 Å². The van der Waals surface area contributed by atoms with E-state index in [1.807, 2.05) is 6.07 Å². The van der Waals surface area contributed by atoms with Gasteiger partial charge in [0.15, 0.2) is 0 Å². The average Bonchev–Trinajstić information content (AvgIpc) is 2.96. The number of halogens is 1. The van der Waals surface area contributed by atoms with Gasteiger partial charge in [0.1, 0.15) is 5.76 Å². The normalized spacial score (nSPS) is 24.3. The van der Waals surface area contributed by atoms with Crippen LogP contribution in [0.1, 0.15) is 43.9 Å². The molecule has 2 aliphatic rings. The number of hydrogen-bond acceptors (Lipinski definition) is 4. The van der Waals surface area contributed by atoms with Gasteiger partial charge in [0.05, 0.1) is 16.8 Å². The summed E-state index contributed by atoms with van der Waals surface area (Å²) in [6, 6.07) is 2.94. The van der Waals surface area contributed by atoms with Gasteiger partial charge in [-0.05, 0) is 60.8 Å². The highest BCUT2D eigenvalue weighted by Gasteiger charge is 2.30. The molecule has 0 aliphatic carbocycles. The van der Waals surface area contributed by atoms with Gasteiger partial charge in [-0.1, -0.05) is 6.42 Å². The first-order valence-electron chi connectivity index (χ1n) is 8.20. The van der Waals surface area contributed by atoms with Gasteiger partial charge in [0.2, 0.25) is 0 Å². The van der Waals surface area contributed by atoms with Crippen molar-refractivity contribution in [1.82, 2.24) is 9.80 Å². The lowest BCUT2D eigenvalue weighted by atomic mass is 9.98. The number of nitrogens with two attached hydrogens (primary N) is 1.